The van der Waals surface area contributed by atoms with Crippen LogP contribution in [-0.2, 0) is 4.74 Å². The lowest BCUT2D eigenvalue weighted by Gasteiger charge is -2.48. The molecule has 17 heavy (non-hydrogen) atoms. The van der Waals surface area contributed by atoms with E-state index in [-0.39, 0.29) is 6.10 Å². The van der Waals surface area contributed by atoms with Gasteiger partial charge in [0, 0.05) is 38.8 Å². The Balaban J connectivity index is 1.86. The van der Waals surface area contributed by atoms with Gasteiger partial charge < -0.3 is 9.84 Å². The van der Waals surface area contributed by atoms with Crippen molar-refractivity contribution in [2.24, 2.45) is 0 Å². The van der Waals surface area contributed by atoms with E-state index in [1.807, 2.05) is 0 Å². The lowest BCUT2D eigenvalue weighted by molar-refractivity contribution is -0.0229. The molecule has 0 radical (unpaired) electrons. The minimum atomic E-state index is -0.349. The number of piperidine rings is 1. The fourth-order valence-corrected chi connectivity index (χ4v) is 3.18. The van der Waals surface area contributed by atoms with Gasteiger partial charge in [-0.15, -0.1) is 0 Å². The summed E-state index contributed by atoms with van der Waals surface area (Å²) in [7, 11) is 1.64. The van der Waals surface area contributed by atoms with Crippen molar-refractivity contribution in [3.05, 3.63) is 0 Å². The molecule has 2 heterocycles. The quantitative estimate of drug-likeness (QED) is 0.781. The van der Waals surface area contributed by atoms with Gasteiger partial charge in [0.2, 0.25) is 0 Å². The molecular weight excluding hydrogens is 216 g/mol. The Morgan fingerprint density at radius 1 is 1.35 bits per heavy atom. The molecule has 0 aromatic carbocycles. The number of methoxy groups -OCH3 is 1. The van der Waals surface area contributed by atoms with Crippen LogP contribution in [0.25, 0.3) is 0 Å². The van der Waals surface area contributed by atoms with Crippen LogP contribution in [0.5, 0.6) is 0 Å². The fourth-order valence-electron chi connectivity index (χ4n) is 3.18. The normalized spacial score (nSPS) is 33.4. The van der Waals surface area contributed by atoms with E-state index >= 15 is 0 Å². The third-order valence-corrected chi connectivity index (χ3v) is 4.12. The number of fused-ring (bicyclic) bond motifs is 1. The van der Waals surface area contributed by atoms with E-state index in [4.69, 9.17) is 4.74 Å². The molecule has 3 atom stereocenters. The van der Waals surface area contributed by atoms with E-state index in [1.165, 1.54) is 25.8 Å². The summed E-state index contributed by atoms with van der Waals surface area (Å²) >= 11 is 0. The minimum Gasteiger partial charge on any atom is -0.389 e. The maximum absolute atomic E-state index is 9.83. The third-order valence-electron chi connectivity index (χ3n) is 4.12. The number of aliphatic hydroxyl groups excluding tert-OH is 1. The Morgan fingerprint density at radius 3 is 2.94 bits per heavy atom. The van der Waals surface area contributed by atoms with Gasteiger partial charge in [0.15, 0.2) is 0 Å². The van der Waals surface area contributed by atoms with Crippen LogP contribution in [0.4, 0.5) is 0 Å². The molecule has 0 aromatic heterocycles. The van der Waals surface area contributed by atoms with Gasteiger partial charge in [-0.05, 0) is 26.3 Å². The first-order chi connectivity index (χ1) is 8.20. The highest BCUT2D eigenvalue weighted by Gasteiger charge is 2.33. The molecule has 100 valence electrons. The first kappa shape index (κ1) is 13.3. The second kappa shape index (κ2) is 6.14. The topological polar surface area (TPSA) is 35.9 Å². The van der Waals surface area contributed by atoms with E-state index in [0.29, 0.717) is 12.6 Å². The van der Waals surface area contributed by atoms with Gasteiger partial charge in [-0.25, -0.2) is 0 Å². The molecule has 0 spiro atoms. The van der Waals surface area contributed by atoms with Gasteiger partial charge in [-0.3, -0.25) is 9.80 Å². The molecule has 0 aliphatic carbocycles. The first-order valence-corrected chi connectivity index (χ1v) is 6.86. The highest BCUT2D eigenvalue weighted by atomic mass is 16.5. The Labute approximate surface area is 105 Å². The molecule has 4 heteroatoms. The number of nitrogens with zero attached hydrogens (tertiary/aromatic N) is 2. The van der Waals surface area contributed by atoms with Gasteiger partial charge in [0.25, 0.3) is 0 Å². The SMILES string of the molecule is COCC(O)CN1CC2CCCCN2CC1C. The Kier molecular flexibility index (Phi) is 4.79. The molecule has 0 bridgehead atoms. The van der Waals surface area contributed by atoms with E-state index in [2.05, 4.69) is 16.7 Å². The number of ether oxygens (including phenoxy) is 1. The second-order valence-corrected chi connectivity index (χ2v) is 5.56. The molecule has 2 aliphatic rings. The number of hydrogen-bond acceptors (Lipinski definition) is 4. The highest BCUT2D eigenvalue weighted by Crippen LogP contribution is 2.23. The van der Waals surface area contributed by atoms with Crippen molar-refractivity contribution in [1.29, 1.82) is 0 Å². The molecule has 2 aliphatic heterocycles. The van der Waals surface area contributed by atoms with Crippen LogP contribution in [0.1, 0.15) is 26.2 Å². The van der Waals surface area contributed by atoms with Crippen molar-refractivity contribution < 1.29 is 9.84 Å². The minimum absolute atomic E-state index is 0.349. The predicted octanol–water partition coefficient (Wildman–Crippen LogP) is 0.552. The van der Waals surface area contributed by atoms with E-state index in [9.17, 15) is 5.11 Å². The molecule has 2 saturated heterocycles. The Bertz CT molecular complexity index is 237. The first-order valence-electron chi connectivity index (χ1n) is 6.86. The van der Waals surface area contributed by atoms with Crippen LogP contribution in [0.3, 0.4) is 0 Å². The maximum atomic E-state index is 9.83. The molecule has 0 saturated carbocycles. The monoisotopic (exact) mass is 242 g/mol. The van der Waals surface area contributed by atoms with Gasteiger partial charge in [-0.1, -0.05) is 6.42 Å². The summed E-state index contributed by atoms with van der Waals surface area (Å²) in [6.07, 6.45) is 3.70. The smallest absolute Gasteiger partial charge is 0.0900 e. The van der Waals surface area contributed by atoms with Crippen LogP contribution >= 0.6 is 0 Å². The average Bonchev–Trinajstić information content (AvgIpc) is 2.30. The molecule has 1 N–H and O–H groups in total. The van der Waals surface area contributed by atoms with Gasteiger partial charge >= 0.3 is 0 Å². The molecule has 3 unspecified atom stereocenters. The Hall–Kier alpha value is -0.160. The van der Waals surface area contributed by atoms with Gasteiger partial charge in [-0.2, -0.15) is 0 Å². The van der Waals surface area contributed by atoms with Crippen molar-refractivity contribution in [1.82, 2.24) is 9.80 Å². The number of piperazine rings is 1. The van der Waals surface area contributed by atoms with Crippen LogP contribution in [-0.4, -0.2) is 73.0 Å². The zero-order valence-electron chi connectivity index (χ0n) is 11.1. The predicted molar refractivity (Wildman–Crippen MR) is 68.1 cm³/mol. The summed E-state index contributed by atoms with van der Waals surface area (Å²) in [4.78, 5) is 5.06. The van der Waals surface area contributed by atoms with Crippen molar-refractivity contribution in [3.63, 3.8) is 0 Å². The van der Waals surface area contributed by atoms with E-state index in [0.717, 1.165) is 25.7 Å². The molecule has 2 rings (SSSR count). The summed E-state index contributed by atoms with van der Waals surface area (Å²) in [6, 6.07) is 1.27. The second-order valence-electron chi connectivity index (χ2n) is 5.56. The highest BCUT2D eigenvalue weighted by molar-refractivity contribution is 4.89. The zero-order chi connectivity index (χ0) is 12.3. The largest absolute Gasteiger partial charge is 0.389 e. The number of β-amino-alcohol motifs (C(OH)–C–C–N with tert-alkyl or cyclic N) is 1. The van der Waals surface area contributed by atoms with E-state index < -0.39 is 0 Å². The van der Waals surface area contributed by atoms with Crippen molar-refractivity contribution in [2.75, 3.05) is 39.9 Å². The summed E-state index contributed by atoms with van der Waals surface area (Å²) < 4.78 is 5.00. The van der Waals surface area contributed by atoms with Crippen LogP contribution in [0.2, 0.25) is 0 Å². The lowest BCUT2D eigenvalue weighted by Crippen LogP contribution is -2.59. The van der Waals surface area contributed by atoms with Crippen molar-refractivity contribution in [3.8, 4) is 0 Å². The standard InChI is InChI=1S/C13H26N2O2/c1-11-7-14-6-4-3-5-12(14)8-15(11)9-13(16)10-17-2/h11-13,16H,3-10H2,1-2H3. The van der Waals surface area contributed by atoms with Crippen LogP contribution in [0, 0.1) is 0 Å². The molecule has 0 amide bonds. The summed E-state index contributed by atoms with van der Waals surface area (Å²) in [5.41, 5.74) is 0. The summed E-state index contributed by atoms with van der Waals surface area (Å²) in [5.74, 6) is 0. The van der Waals surface area contributed by atoms with Crippen molar-refractivity contribution >= 4 is 0 Å². The van der Waals surface area contributed by atoms with Crippen LogP contribution in [0.15, 0.2) is 0 Å². The summed E-state index contributed by atoms with van der Waals surface area (Å²) in [6.45, 7) is 7.00. The lowest BCUT2D eigenvalue weighted by atomic mass is 9.97. The molecular formula is C13H26N2O2. The number of rotatable bonds is 4. The number of hydrogen-bond donors (Lipinski definition) is 1. The number of aliphatic hydroxyl groups is 1. The molecule has 0 aromatic rings. The van der Waals surface area contributed by atoms with E-state index in [1.54, 1.807) is 7.11 Å². The summed E-state index contributed by atoms with van der Waals surface area (Å²) in [5, 5.41) is 9.83. The molecule has 2 fully saturated rings. The van der Waals surface area contributed by atoms with Crippen molar-refractivity contribution in [2.45, 2.75) is 44.4 Å². The van der Waals surface area contributed by atoms with Crippen LogP contribution < -0.4 is 0 Å². The van der Waals surface area contributed by atoms with Gasteiger partial charge in [0.1, 0.15) is 0 Å². The average molecular weight is 242 g/mol. The zero-order valence-corrected chi connectivity index (χ0v) is 11.1. The maximum Gasteiger partial charge on any atom is 0.0900 e. The Morgan fingerprint density at radius 2 is 2.18 bits per heavy atom. The van der Waals surface area contributed by atoms with Gasteiger partial charge in [0.05, 0.1) is 12.7 Å². The fraction of sp³-hybridized carbons (Fsp3) is 1.00. The third kappa shape index (κ3) is 3.41. The molecule has 4 nitrogen and oxygen atoms in total.